The molecule has 0 saturated heterocycles. The highest BCUT2D eigenvalue weighted by Crippen LogP contribution is 2.44. The smallest absolute Gasteiger partial charge is 0.290 e. The number of hydrogen-bond acceptors (Lipinski definition) is 5. The van der Waals surface area contributed by atoms with E-state index >= 15 is 0 Å². The Hall–Kier alpha value is -4.00. The molecular weight excluding hydrogens is 413 g/mol. The first kappa shape index (κ1) is 19.9. The Labute approximate surface area is 184 Å². The molecule has 2 heterocycles. The van der Waals surface area contributed by atoms with E-state index in [1.165, 1.54) is 12.1 Å². The Balaban J connectivity index is 1.56. The van der Waals surface area contributed by atoms with Crippen molar-refractivity contribution in [2.24, 2.45) is 0 Å². The third kappa shape index (κ3) is 3.41. The first-order valence-electron chi connectivity index (χ1n) is 10.1. The van der Waals surface area contributed by atoms with Crippen molar-refractivity contribution >= 4 is 11.5 Å². The Bertz CT molecular complexity index is 1200. The van der Waals surface area contributed by atoms with Crippen LogP contribution in [-0.2, 0) is 11.3 Å². The topological polar surface area (TPSA) is 68.2 Å². The van der Waals surface area contributed by atoms with Gasteiger partial charge < -0.3 is 24.2 Å². The van der Waals surface area contributed by atoms with Gasteiger partial charge in [-0.05, 0) is 53.1 Å². The third-order valence-corrected chi connectivity index (χ3v) is 5.68. The van der Waals surface area contributed by atoms with Gasteiger partial charge in [-0.15, -0.1) is 0 Å². The van der Waals surface area contributed by atoms with E-state index in [4.69, 9.17) is 14.2 Å². The highest BCUT2D eigenvalue weighted by atomic mass is 19.1. The van der Waals surface area contributed by atoms with Gasteiger partial charge in [-0.1, -0.05) is 30.3 Å². The highest BCUT2D eigenvalue weighted by molar-refractivity contribution is 6.05. The lowest BCUT2D eigenvalue weighted by molar-refractivity contribution is -0.130. The molecule has 0 bridgehead atoms. The summed E-state index contributed by atoms with van der Waals surface area (Å²) in [5.41, 5.74) is 2.65. The zero-order valence-electron chi connectivity index (χ0n) is 17.2. The number of halogens is 1. The Kier molecular flexibility index (Phi) is 4.93. The van der Waals surface area contributed by atoms with E-state index in [9.17, 15) is 14.3 Å². The maximum Gasteiger partial charge on any atom is 0.290 e. The molecule has 3 aromatic carbocycles. The monoisotopic (exact) mass is 433 g/mol. The molecule has 0 fully saturated rings. The fraction of sp³-hybridized carbons (Fsp3) is 0.160. The predicted molar refractivity (Wildman–Crippen MR) is 115 cm³/mol. The van der Waals surface area contributed by atoms with Crippen LogP contribution in [0.25, 0.3) is 5.57 Å². The predicted octanol–water partition coefficient (Wildman–Crippen LogP) is 4.62. The van der Waals surface area contributed by atoms with E-state index in [2.05, 4.69) is 0 Å². The fourth-order valence-corrected chi connectivity index (χ4v) is 4.11. The molecule has 2 aliphatic heterocycles. The number of amides is 1. The Morgan fingerprint density at radius 3 is 2.47 bits per heavy atom. The molecule has 0 saturated carbocycles. The number of benzene rings is 3. The highest BCUT2D eigenvalue weighted by Gasteiger charge is 2.41. The molecule has 162 valence electrons. The van der Waals surface area contributed by atoms with Crippen LogP contribution in [0, 0.1) is 5.82 Å². The van der Waals surface area contributed by atoms with Crippen LogP contribution in [0.1, 0.15) is 22.7 Å². The average Bonchev–Trinajstić information content (AvgIpc) is 3.38. The molecule has 0 aromatic heterocycles. The summed E-state index contributed by atoms with van der Waals surface area (Å²) in [6, 6.07) is 17.9. The van der Waals surface area contributed by atoms with Crippen LogP contribution in [0.5, 0.6) is 17.2 Å². The van der Waals surface area contributed by atoms with E-state index in [-0.39, 0.29) is 24.9 Å². The van der Waals surface area contributed by atoms with Crippen molar-refractivity contribution in [3.05, 3.63) is 95.0 Å². The van der Waals surface area contributed by atoms with E-state index in [1.54, 1.807) is 54.5 Å². The zero-order valence-corrected chi connectivity index (χ0v) is 17.2. The quantitative estimate of drug-likeness (QED) is 0.636. The number of fused-ring (bicyclic) bond motifs is 1. The molecule has 0 spiro atoms. The van der Waals surface area contributed by atoms with Crippen molar-refractivity contribution in [1.29, 1.82) is 0 Å². The van der Waals surface area contributed by atoms with Crippen molar-refractivity contribution in [2.75, 3.05) is 13.9 Å². The molecule has 1 atom stereocenters. The molecular formula is C25H20FNO5. The molecule has 1 amide bonds. The van der Waals surface area contributed by atoms with E-state index < -0.39 is 11.9 Å². The first-order valence-corrected chi connectivity index (χ1v) is 10.1. The lowest BCUT2D eigenvalue weighted by Gasteiger charge is -2.27. The largest absolute Gasteiger partial charge is 0.503 e. The SMILES string of the molecule is COc1ccc(C2=C(O)C(=O)N(Cc3ccc4c(c3)OCO4)[C@@H]2c2ccc(F)cc2)cc1. The van der Waals surface area contributed by atoms with Crippen LogP contribution in [0.3, 0.4) is 0 Å². The van der Waals surface area contributed by atoms with Crippen LogP contribution < -0.4 is 14.2 Å². The number of methoxy groups -OCH3 is 1. The maximum atomic E-state index is 13.6. The Morgan fingerprint density at radius 2 is 1.75 bits per heavy atom. The van der Waals surface area contributed by atoms with Crippen LogP contribution in [0.2, 0.25) is 0 Å². The second-order valence-corrected chi connectivity index (χ2v) is 7.57. The van der Waals surface area contributed by atoms with Crippen molar-refractivity contribution in [3.8, 4) is 17.2 Å². The van der Waals surface area contributed by atoms with Crippen molar-refractivity contribution in [1.82, 2.24) is 4.90 Å². The fourth-order valence-electron chi connectivity index (χ4n) is 4.11. The van der Waals surface area contributed by atoms with E-state index in [0.29, 0.717) is 33.9 Å². The molecule has 0 radical (unpaired) electrons. The summed E-state index contributed by atoms with van der Waals surface area (Å²) >= 11 is 0. The molecule has 5 rings (SSSR count). The van der Waals surface area contributed by atoms with Crippen molar-refractivity contribution < 1.29 is 28.5 Å². The van der Waals surface area contributed by atoms with Gasteiger partial charge in [0.25, 0.3) is 5.91 Å². The van der Waals surface area contributed by atoms with Gasteiger partial charge in [-0.2, -0.15) is 0 Å². The van der Waals surface area contributed by atoms with Crippen LogP contribution >= 0.6 is 0 Å². The second-order valence-electron chi connectivity index (χ2n) is 7.57. The lowest BCUT2D eigenvalue weighted by atomic mass is 9.93. The van der Waals surface area contributed by atoms with E-state index in [1.807, 2.05) is 12.1 Å². The number of aliphatic hydroxyl groups excluding tert-OH is 1. The minimum absolute atomic E-state index is 0.156. The normalized spacial score (nSPS) is 17.2. The third-order valence-electron chi connectivity index (χ3n) is 5.68. The molecule has 32 heavy (non-hydrogen) atoms. The van der Waals surface area contributed by atoms with Crippen molar-refractivity contribution in [2.45, 2.75) is 12.6 Å². The Morgan fingerprint density at radius 1 is 1.03 bits per heavy atom. The number of hydrogen-bond donors (Lipinski definition) is 1. The number of rotatable bonds is 5. The molecule has 6 nitrogen and oxygen atoms in total. The van der Waals surface area contributed by atoms with Gasteiger partial charge in [-0.3, -0.25) is 4.79 Å². The summed E-state index contributed by atoms with van der Waals surface area (Å²) < 4.78 is 29.7. The zero-order chi connectivity index (χ0) is 22.2. The number of carbonyl (C=O) groups excluding carboxylic acids is 1. The van der Waals surface area contributed by atoms with Crippen LogP contribution in [-0.4, -0.2) is 29.8 Å². The van der Waals surface area contributed by atoms with Gasteiger partial charge in [0.15, 0.2) is 17.3 Å². The van der Waals surface area contributed by atoms with E-state index in [0.717, 1.165) is 5.56 Å². The summed E-state index contributed by atoms with van der Waals surface area (Å²) in [5, 5.41) is 10.9. The average molecular weight is 433 g/mol. The molecule has 2 aliphatic rings. The van der Waals surface area contributed by atoms with Crippen molar-refractivity contribution in [3.63, 3.8) is 0 Å². The number of nitrogens with zero attached hydrogens (tertiary/aromatic N) is 1. The summed E-state index contributed by atoms with van der Waals surface area (Å²) in [4.78, 5) is 14.7. The van der Waals surface area contributed by atoms with Crippen LogP contribution in [0.15, 0.2) is 72.5 Å². The van der Waals surface area contributed by atoms with Gasteiger partial charge in [0.05, 0.1) is 13.2 Å². The van der Waals surface area contributed by atoms with Gasteiger partial charge in [-0.25, -0.2) is 4.39 Å². The molecule has 0 aliphatic carbocycles. The summed E-state index contributed by atoms with van der Waals surface area (Å²) in [6.07, 6.45) is 0. The van der Waals surface area contributed by atoms with Gasteiger partial charge in [0, 0.05) is 12.1 Å². The number of carbonyl (C=O) groups is 1. The summed E-state index contributed by atoms with van der Waals surface area (Å²) in [7, 11) is 1.57. The second kappa shape index (κ2) is 7.92. The molecule has 7 heteroatoms. The van der Waals surface area contributed by atoms with Crippen LogP contribution in [0.4, 0.5) is 4.39 Å². The minimum Gasteiger partial charge on any atom is -0.503 e. The lowest BCUT2D eigenvalue weighted by Crippen LogP contribution is -2.29. The number of aliphatic hydroxyl groups is 1. The molecule has 3 aromatic rings. The van der Waals surface area contributed by atoms with Gasteiger partial charge >= 0.3 is 0 Å². The molecule has 0 unspecified atom stereocenters. The maximum absolute atomic E-state index is 13.6. The standard InChI is InChI=1S/C25H20FNO5/c1-30-19-9-5-16(6-10-19)22-23(17-3-7-18(26)8-4-17)27(25(29)24(22)28)13-15-2-11-20-21(12-15)32-14-31-20/h2-12,23,28H,13-14H2,1H3/t23-/m1/s1. The molecule has 1 N–H and O–H groups in total. The summed E-state index contributed by atoms with van der Waals surface area (Å²) in [6.45, 7) is 0.380. The van der Waals surface area contributed by atoms with Gasteiger partial charge in [0.1, 0.15) is 11.6 Å². The van der Waals surface area contributed by atoms with Gasteiger partial charge in [0.2, 0.25) is 6.79 Å². The first-order chi connectivity index (χ1) is 15.5. The minimum atomic E-state index is -0.595. The number of ether oxygens (including phenoxy) is 3. The summed E-state index contributed by atoms with van der Waals surface area (Å²) in [5.74, 6) is 0.720.